The van der Waals surface area contributed by atoms with Crippen LogP contribution in [0.2, 0.25) is 0 Å². The molecule has 1 aliphatic rings. The highest BCUT2D eigenvalue weighted by atomic mass is 32.2. The fourth-order valence-electron chi connectivity index (χ4n) is 6.46. The molecule has 1 aromatic rings. The molecule has 0 spiro atoms. The zero-order valence-corrected chi connectivity index (χ0v) is 38.2. The first-order valence-corrected chi connectivity index (χ1v) is 21.7. The Labute approximate surface area is 390 Å². The molecule has 0 radical (unpaired) electrons. The van der Waals surface area contributed by atoms with Gasteiger partial charge in [0.15, 0.2) is 6.04 Å². The minimum atomic E-state index is -2.31. The normalized spacial score (nSPS) is 19.6. The number of primary amides is 1. The summed E-state index contributed by atoms with van der Waals surface area (Å²) in [7, 11) is 1.21. The lowest BCUT2D eigenvalue weighted by Gasteiger charge is -2.29. The number of nitrogens with one attached hydrogen (secondary N) is 4. The van der Waals surface area contributed by atoms with Gasteiger partial charge in [-0.25, -0.2) is 29.6 Å². The Bertz CT molecular complexity index is 2130. The molecule has 31 heteroatoms. The number of aliphatic hydroxyl groups is 4. The summed E-state index contributed by atoms with van der Waals surface area (Å²) in [4.78, 5) is 129. The third-order valence-corrected chi connectivity index (χ3v) is 12.0. The van der Waals surface area contributed by atoms with Crippen molar-refractivity contribution in [3.8, 4) is 0 Å². The number of amides is 9. The maximum absolute atomic E-state index is 13.8. The van der Waals surface area contributed by atoms with E-state index in [4.69, 9.17) is 11.5 Å². The molecule has 2 rings (SSSR count). The van der Waals surface area contributed by atoms with Crippen LogP contribution in [0.15, 0.2) is 22.1 Å². The van der Waals surface area contributed by atoms with Crippen LogP contribution in [0.25, 0.3) is 0 Å². The lowest BCUT2D eigenvalue weighted by Crippen LogP contribution is -2.61. The third kappa shape index (κ3) is 16.9. The average molecular weight is 993 g/mol. The van der Waals surface area contributed by atoms with Gasteiger partial charge in [0, 0.05) is 53.6 Å². The number of hydrogen-bond acceptors (Lipinski definition) is 19. The first kappa shape index (κ1) is 58.1. The molecule has 9 amide bonds. The predicted molar refractivity (Wildman–Crippen MR) is 229 cm³/mol. The number of carboxylic acid groups (broad SMARTS) is 1. The minimum Gasteiger partial charge on any atom is -0.480 e. The Morgan fingerprint density at radius 2 is 1.19 bits per heavy atom. The summed E-state index contributed by atoms with van der Waals surface area (Å²) >= 11 is 0.545. The fourth-order valence-corrected chi connectivity index (χ4v) is 8.03. The van der Waals surface area contributed by atoms with E-state index in [2.05, 4.69) is 20.9 Å². The molecule has 10 atom stereocenters. The number of rotatable bonds is 25. The van der Waals surface area contributed by atoms with E-state index in [0.717, 1.165) is 36.1 Å². The molecular weight excluding hydrogens is 933 g/mol. The maximum atomic E-state index is 13.8. The van der Waals surface area contributed by atoms with Gasteiger partial charge in [-0.15, -0.1) is 11.8 Å². The molecule has 0 aromatic carbocycles. The number of aliphatic carboxylic acids is 1. The first-order chi connectivity index (χ1) is 31.7. The summed E-state index contributed by atoms with van der Waals surface area (Å²) < 4.78 is 1.78. The zero-order chi connectivity index (χ0) is 51.7. The maximum Gasteiger partial charge on any atom is 0.340 e. The van der Waals surface area contributed by atoms with E-state index in [0.29, 0.717) is 27.0 Å². The number of hydrogen-bond donors (Lipinski definition) is 14. The zero-order valence-electron chi connectivity index (χ0n) is 37.4. The van der Waals surface area contributed by atoms with Crippen LogP contribution in [0.1, 0.15) is 64.7 Å². The fraction of sp³-hybridized carbons (Fsp3) is 0.649. The SMILES string of the molecule is CC(=O)N(O)CCC[C@H](NC(=O)[C@@H](N)CCCN(O)C(C)=O)C(=O)N[C@H](CCCN(O)C(C)=O)C(=O)N[C@H](CO)C(=O)N[C@@H](C(=O)O)[C@H](O)[C@@H]1S[C@@H](n2ccc(=NC(N)=O)n(C)c2=O)[C@H](O)[C@H]1O. The van der Waals surface area contributed by atoms with Crippen LogP contribution in [0.4, 0.5) is 4.79 Å². The van der Waals surface area contributed by atoms with Crippen molar-refractivity contribution in [2.24, 2.45) is 23.5 Å². The Hall–Kier alpha value is -6.06. The molecule has 1 aliphatic heterocycles. The number of aromatic nitrogens is 2. The van der Waals surface area contributed by atoms with Crippen molar-refractivity contribution in [2.45, 2.75) is 118 Å². The monoisotopic (exact) mass is 992 g/mol. The lowest BCUT2D eigenvalue weighted by molar-refractivity contribution is -0.163. The molecule has 68 heavy (non-hydrogen) atoms. The topological polar surface area (TPSA) is 465 Å². The summed E-state index contributed by atoms with van der Waals surface area (Å²) in [5, 5.41) is 89.5. The van der Waals surface area contributed by atoms with Crippen LogP contribution in [-0.4, -0.2) is 199 Å². The number of nitrogens with zero attached hydrogens (tertiary/aromatic N) is 6. The number of carbonyl (C=O) groups excluding carboxylic acids is 8. The van der Waals surface area contributed by atoms with Gasteiger partial charge in [-0.2, -0.15) is 4.99 Å². The molecule has 0 aliphatic carbocycles. The number of carbonyl (C=O) groups is 9. The van der Waals surface area contributed by atoms with Crippen LogP contribution in [0.3, 0.4) is 0 Å². The van der Waals surface area contributed by atoms with E-state index in [1.165, 1.54) is 13.1 Å². The summed E-state index contributed by atoms with van der Waals surface area (Å²) in [5.41, 5.74) is 9.99. The van der Waals surface area contributed by atoms with E-state index in [1.807, 2.05) is 5.32 Å². The van der Waals surface area contributed by atoms with Crippen LogP contribution < -0.4 is 43.9 Å². The molecule has 1 aromatic heterocycles. The molecule has 16 N–H and O–H groups in total. The Kier molecular flexibility index (Phi) is 23.1. The number of thioether (sulfide) groups is 1. The number of hydroxylamine groups is 6. The highest BCUT2D eigenvalue weighted by Gasteiger charge is 2.50. The summed E-state index contributed by atoms with van der Waals surface area (Å²) in [6.45, 7) is 1.07. The van der Waals surface area contributed by atoms with Gasteiger partial charge in [-0.1, -0.05) is 0 Å². The smallest absolute Gasteiger partial charge is 0.340 e. The van der Waals surface area contributed by atoms with Crippen molar-refractivity contribution >= 4 is 65.1 Å². The van der Waals surface area contributed by atoms with E-state index in [1.54, 1.807) is 0 Å². The Morgan fingerprint density at radius 1 is 0.750 bits per heavy atom. The number of aliphatic hydroxyl groups excluding tert-OH is 4. The third-order valence-electron chi connectivity index (χ3n) is 10.4. The van der Waals surface area contributed by atoms with Crippen molar-refractivity contribution in [3.05, 3.63) is 28.2 Å². The molecule has 2 heterocycles. The average Bonchev–Trinajstić information content (AvgIpc) is 3.56. The van der Waals surface area contributed by atoms with E-state index >= 15 is 0 Å². The van der Waals surface area contributed by atoms with Crippen LogP contribution >= 0.6 is 11.8 Å². The van der Waals surface area contributed by atoms with Gasteiger partial charge in [-0.3, -0.25) is 58.3 Å². The summed E-state index contributed by atoms with van der Waals surface area (Å²) in [6, 6.07) is -8.79. The van der Waals surface area contributed by atoms with Crippen LogP contribution in [0.5, 0.6) is 0 Å². The van der Waals surface area contributed by atoms with Crippen molar-refractivity contribution in [1.82, 2.24) is 45.6 Å². The van der Waals surface area contributed by atoms with Crippen LogP contribution in [0, 0.1) is 0 Å². The van der Waals surface area contributed by atoms with Gasteiger partial charge in [0.25, 0.3) is 0 Å². The van der Waals surface area contributed by atoms with Gasteiger partial charge in [0.1, 0.15) is 35.1 Å². The molecule has 30 nitrogen and oxygen atoms in total. The number of nitrogens with two attached hydrogens (primary N) is 2. The van der Waals surface area contributed by atoms with Crippen molar-refractivity contribution in [3.63, 3.8) is 0 Å². The second-order valence-corrected chi connectivity index (χ2v) is 16.8. The largest absolute Gasteiger partial charge is 0.480 e. The van der Waals surface area contributed by atoms with E-state index in [9.17, 15) is 89.1 Å². The van der Waals surface area contributed by atoms with Crippen molar-refractivity contribution < 1.29 is 84.3 Å². The first-order valence-electron chi connectivity index (χ1n) is 20.8. The van der Waals surface area contributed by atoms with Crippen molar-refractivity contribution in [1.29, 1.82) is 0 Å². The molecule has 1 saturated heterocycles. The molecule has 0 bridgehead atoms. The molecule has 0 saturated carbocycles. The number of urea groups is 1. The molecule has 1 fully saturated rings. The quantitative estimate of drug-likeness (QED) is 0.0320. The van der Waals surface area contributed by atoms with Gasteiger partial charge >= 0.3 is 17.7 Å². The lowest BCUT2D eigenvalue weighted by atomic mass is 10.00. The second-order valence-electron chi connectivity index (χ2n) is 15.5. The summed E-state index contributed by atoms with van der Waals surface area (Å²) in [6.07, 6.45) is -5.91. The van der Waals surface area contributed by atoms with Gasteiger partial charge < -0.3 is 58.3 Å². The second kappa shape index (κ2) is 27.1. The van der Waals surface area contributed by atoms with E-state index in [-0.39, 0.29) is 57.2 Å². The van der Waals surface area contributed by atoms with Gasteiger partial charge in [-0.05, 0) is 44.6 Å². The van der Waals surface area contributed by atoms with Gasteiger partial charge in [0.05, 0.1) is 30.1 Å². The number of carboxylic acids is 1. The van der Waals surface area contributed by atoms with E-state index < -0.39 is 131 Å². The Balaban J connectivity index is 2.35. The Morgan fingerprint density at radius 3 is 1.63 bits per heavy atom. The van der Waals surface area contributed by atoms with Crippen LogP contribution in [-0.2, 0) is 45.4 Å². The highest BCUT2D eigenvalue weighted by Crippen LogP contribution is 2.43. The molecule has 0 unspecified atom stereocenters. The molecule has 382 valence electrons. The van der Waals surface area contributed by atoms with Crippen molar-refractivity contribution in [2.75, 3.05) is 26.2 Å². The molecular formula is C37H60N12O18S. The van der Waals surface area contributed by atoms with Gasteiger partial charge in [0.2, 0.25) is 41.4 Å². The standard InChI is InChI=1S/C37H60N12O18S/c1-17(51)47(65)12-5-8-20(38)30(57)40-21(9-6-13-48(66)18(2)52)31(58)41-22(10-7-14-49(67)19(3)53)32(59)42-23(16-50)33(60)44-25(35(61)62)26(54)29-27(55)28(56)34(68-29)46-15-11-24(43-36(39)63)45(4)37(46)64/h11,15,20-23,25-29,34,50,54-56,65-67H,5-10,12-14,16,38H2,1-4H3,(H2,39,63)(H,40,57)(H,41,58)(H,42,59)(H,44,60)(H,61,62)/t20-,21-,22+,23+,25+,26-,27+,28+,29-,34+/m0/s1. The highest BCUT2D eigenvalue weighted by molar-refractivity contribution is 8.00. The summed E-state index contributed by atoms with van der Waals surface area (Å²) in [5.74, 6) is -8.71. The predicted octanol–water partition coefficient (Wildman–Crippen LogP) is -6.74. The minimum absolute atomic E-state index is 0.0520.